The van der Waals surface area contributed by atoms with Gasteiger partial charge in [0.1, 0.15) is 0 Å². The molecule has 0 spiro atoms. The molecular weight excluding hydrogens is 1310 g/mol. The highest BCUT2D eigenvalue weighted by Crippen LogP contribution is 2.52. The van der Waals surface area contributed by atoms with Crippen LogP contribution in [-0.4, -0.2) is 18.3 Å². The van der Waals surface area contributed by atoms with Crippen LogP contribution >= 0.6 is 0 Å². The summed E-state index contributed by atoms with van der Waals surface area (Å²) in [6, 6.07) is 144. The summed E-state index contributed by atoms with van der Waals surface area (Å²) < 4.78 is 9.85. The average Bonchev–Trinajstić information content (AvgIpc) is 1.53. The predicted molar refractivity (Wildman–Crippen MR) is 454 cm³/mol. The highest BCUT2D eigenvalue weighted by atomic mass is 15.1. The first-order valence-corrected chi connectivity index (χ1v) is 36.9. The van der Waals surface area contributed by atoms with Crippen LogP contribution in [0.4, 0.5) is 5.69 Å². The molecule has 0 unspecified atom stereocenters. The highest BCUT2D eigenvalue weighted by molar-refractivity contribution is 6.19. The minimum atomic E-state index is 0.479. The topological polar surface area (TPSA) is 24.1 Å². The molecule has 0 aliphatic heterocycles. The van der Waals surface area contributed by atoms with Crippen molar-refractivity contribution in [1.82, 2.24) is 18.3 Å². The molecule has 5 nitrogen and oxygen atoms in total. The Bertz CT molecular complexity index is 6360. The Kier molecular flexibility index (Phi) is 14.6. The van der Waals surface area contributed by atoms with Crippen molar-refractivity contribution in [2.45, 2.75) is 0 Å². The molecule has 108 heavy (non-hydrogen) atoms. The summed E-state index contributed by atoms with van der Waals surface area (Å²) in [6.07, 6.45) is 0. The van der Waals surface area contributed by atoms with Crippen molar-refractivity contribution in [1.29, 1.82) is 0 Å². The van der Waals surface area contributed by atoms with E-state index >= 15 is 0 Å². The van der Waals surface area contributed by atoms with E-state index in [0.717, 1.165) is 199 Å². The van der Waals surface area contributed by atoms with Gasteiger partial charge < -0.3 is 18.3 Å². The van der Waals surface area contributed by atoms with Gasteiger partial charge in [-0.1, -0.05) is 291 Å². The standard InChI is InChI=1S/C103H65N5/c1-104-101-102(107-95-54-46-79(71-34-18-6-19-35-71)62-87(95)88-63-80(47-55-96(88)107)72-36-20-7-21-37-72)99(105-91-50-42-75(67-26-10-2-11-27-67)58-83(91)84-59-76(43-51-92(84)105)68-28-12-3-13-29-68)66-100(106-93-52-44-77(69-30-14-4-15-31-69)60-85(93)86-61-78(45-53-94(86)106)70-32-16-5-17-33-70)103(101)108-97-56-48-81(73-38-22-8-23-39-73)64-89(97)90-65-82(49-57-98(90)108)74-40-24-9-25-41-74/h2-66H. The Morgan fingerprint density at radius 1 is 0.157 bits per heavy atom. The molecule has 4 heterocycles. The van der Waals surface area contributed by atoms with Gasteiger partial charge in [-0.25, -0.2) is 4.85 Å². The Morgan fingerprint density at radius 3 is 0.472 bits per heavy atom. The number of fused-ring (bicyclic) bond motifs is 12. The van der Waals surface area contributed by atoms with Gasteiger partial charge >= 0.3 is 0 Å². The summed E-state index contributed by atoms with van der Waals surface area (Å²) in [6.45, 7) is 10.6. The van der Waals surface area contributed by atoms with Gasteiger partial charge in [0.25, 0.3) is 0 Å². The van der Waals surface area contributed by atoms with Crippen LogP contribution in [0.25, 0.3) is 204 Å². The van der Waals surface area contributed by atoms with Crippen molar-refractivity contribution >= 4 is 92.9 Å². The molecule has 0 radical (unpaired) electrons. The minimum Gasteiger partial charge on any atom is -0.317 e. The fourth-order valence-corrected chi connectivity index (χ4v) is 17.1. The quantitative estimate of drug-likeness (QED) is 0.109. The monoisotopic (exact) mass is 1370 g/mol. The maximum Gasteiger partial charge on any atom is 0.238 e. The van der Waals surface area contributed by atoms with Crippen molar-refractivity contribution < 1.29 is 0 Å². The van der Waals surface area contributed by atoms with Crippen LogP contribution in [0.5, 0.6) is 0 Å². The van der Waals surface area contributed by atoms with Crippen molar-refractivity contribution in [2.24, 2.45) is 0 Å². The summed E-state index contributed by atoms with van der Waals surface area (Å²) in [5.41, 5.74) is 29.5. The third kappa shape index (κ3) is 10.1. The average molecular weight is 1370 g/mol. The molecule has 0 aliphatic carbocycles. The Labute approximate surface area is 624 Å². The summed E-state index contributed by atoms with van der Waals surface area (Å²) in [5.74, 6) is 0. The molecule has 0 N–H and O–H groups in total. The lowest BCUT2D eigenvalue weighted by Crippen LogP contribution is -2.11. The number of aromatic nitrogens is 4. The normalized spacial score (nSPS) is 11.7. The number of benzene rings is 17. The van der Waals surface area contributed by atoms with Crippen LogP contribution in [0.15, 0.2) is 394 Å². The minimum absolute atomic E-state index is 0.479. The molecule has 0 aliphatic rings. The molecule has 0 amide bonds. The molecule has 21 rings (SSSR count). The molecule has 502 valence electrons. The first-order chi connectivity index (χ1) is 53.5. The van der Waals surface area contributed by atoms with E-state index in [1.807, 2.05) is 0 Å². The fourth-order valence-electron chi connectivity index (χ4n) is 17.1. The van der Waals surface area contributed by atoms with E-state index in [-0.39, 0.29) is 0 Å². The Morgan fingerprint density at radius 2 is 0.315 bits per heavy atom. The lowest BCUT2D eigenvalue weighted by atomic mass is 10.0. The van der Waals surface area contributed by atoms with Gasteiger partial charge in [-0.2, -0.15) is 0 Å². The largest absolute Gasteiger partial charge is 0.317 e. The second kappa shape index (κ2) is 25.4. The zero-order chi connectivity index (χ0) is 71.3. The van der Waals surface area contributed by atoms with Gasteiger partial charge in [-0.05, 0) is 192 Å². The fraction of sp³-hybridized carbons (Fsp3) is 0. The van der Waals surface area contributed by atoms with Crippen molar-refractivity contribution in [3.8, 4) is 112 Å². The Balaban J connectivity index is 0.981. The van der Waals surface area contributed by atoms with Crippen LogP contribution in [0, 0.1) is 6.57 Å². The molecule has 0 saturated carbocycles. The molecule has 0 atom stereocenters. The van der Waals surface area contributed by atoms with E-state index in [0.29, 0.717) is 5.69 Å². The molecular formula is C103H65N5. The smallest absolute Gasteiger partial charge is 0.238 e. The zero-order valence-electron chi connectivity index (χ0n) is 58.8. The van der Waals surface area contributed by atoms with Gasteiger partial charge in [0, 0.05) is 43.1 Å². The number of hydrogen-bond acceptors (Lipinski definition) is 0. The summed E-state index contributed by atoms with van der Waals surface area (Å²) >= 11 is 0. The van der Waals surface area contributed by atoms with Crippen molar-refractivity contribution in [3.63, 3.8) is 0 Å². The lowest BCUT2D eigenvalue weighted by Gasteiger charge is -2.26. The van der Waals surface area contributed by atoms with E-state index in [1.54, 1.807) is 0 Å². The molecule has 17 aromatic carbocycles. The number of rotatable bonds is 12. The molecule has 5 heteroatoms. The predicted octanol–water partition coefficient (Wildman–Crippen LogP) is 28.0. The maximum absolute atomic E-state index is 10.6. The van der Waals surface area contributed by atoms with Crippen molar-refractivity contribution in [3.05, 3.63) is 406 Å². The molecule has 21 aromatic rings. The summed E-state index contributed by atoms with van der Waals surface area (Å²) in [7, 11) is 0. The highest BCUT2D eigenvalue weighted by Gasteiger charge is 2.32. The van der Waals surface area contributed by atoms with Gasteiger partial charge in [-0.3, -0.25) is 0 Å². The second-order valence-corrected chi connectivity index (χ2v) is 28.2. The molecule has 0 saturated heterocycles. The van der Waals surface area contributed by atoms with E-state index in [9.17, 15) is 6.57 Å². The van der Waals surface area contributed by atoms with Crippen molar-refractivity contribution in [2.75, 3.05) is 0 Å². The number of hydrogen-bond donors (Lipinski definition) is 0. The van der Waals surface area contributed by atoms with Gasteiger partial charge in [0.05, 0.1) is 73.5 Å². The maximum atomic E-state index is 10.6. The first kappa shape index (κ1) is 62.0. The lowest BCUT2D eigenvalue weighted by molar-refractivity contribution is 1.05. The van der Waals surface area contributed by atoms with Gasteiger partial charge in [0.2, 0.25) is 5.69 Å². The number of nitrogens with zero attached hydrogens (tertiary/aromatic N) is 5. The molecule has 4 aromatic heterocycles. The van der Waals surface area contributed by atoms with Crippen LogP contribution in [0.3, 0.4) is 0 Å². The van der Waals surface area contributed by atoms with E-state index in [4.69, 9.17) is 4.85 Å². The van der Waals surface area contributed by atoms with Crippen LogP contribution in [0.2, 0.25) is 0 Å². The summed E-state index contributed by atoms with van der Waals surface area (Å²) in [5, 5.41) is 8.67. The van der Waals surface area contributed by atoms with Gasteiger partial charge in [0.15, 0.2) is 0 Å². The van der Waals surface area contributed by atoms with E-state index in [2.05, 4.69) is 413 Å². The van der Waals surface area contributed by atoms with E-state index < -0.39 is 0 Å². The third-order valence-electron chi connectivity index (χ3n) is 22.2. The SMILES string of the molecule is [C-]#[N+]c1c(-n2c3ccc(-c4ccccc4)cc3c3cc(-c4ccccc4)ccc32)c(-n2c3ccc(-c4ccccc4)cc3c3cc(-c4ccccc4)ccc32)cc(-n2c3ccc(-c4ccccc4)cc3c3cc(-c4ccccc4)ccc32)c1-n1c2ccc(-c3ccccc3)cc2c2cc(-c3ccccc3)ccc21. The summed E-state index contributed by atoms with van der Waals surface area (Å²) in [4.78, 5) is 5.23. The van der Waals surface area contributed by atoms with Crippen LogP contribution in [0.1, 0.15) is 0 Å². The van der Waals surface area contributed by atoms with Gasteiger partial charge in [-0.15, -0.1) is 0 Å². The van der Waals surface area contributed by atoms with Crippen LogP contribution < -0.4 is 0 Å². The Hall–Kier alpha value is -14.6. The zero-order valence-corrected chi connectivity index (χ0v) is 58.8. The first-order valence-electron chi connectivity index (χ1n) is 36.9. The third-order valence-corrected chi connectivity index (χ3v) is 22.2. The molecule has 0 fully saturated rings. The van der Waals surface area contributed by atoms with E-state index in [1.165, 1.54) is 0 Å². The molecule has 0 bridgehead atoms. The van der Waals surface area contributed by atoms with Crippen LogP contribution in [-0.2, 0) is 0 Å². The second-order valence-electron chi connectivity index (χ2n) is 28.2.